The standard InChI is InChI=1S/C21H14Cl2N2O5/c1-29-19-5-3-2-4-17(19)24-12-13-6-9-20(18(10-13)25(27)28)30-21(26)15-8-7-14(22)11-16(15)23/h2-12H,1H3. The molecule has 0 amide bonds. The van der Waals surface area contributed by atoms with E-state index < -0.39 is 16.6 Å². The van der Waals surface area contributed by atoms with Gasteiger partial charge in [-0.25, -0.2) is 4.79 Å². The second kappa shape index (κ2) is 9.39. The fourth-order valence-electron chi connectivity index (χ4n) is 2.53. The van der Waals surface area contributed by atoms with Crippen molar-refractivity contribution in [3.8, 4) is 11.5 Å². The zero-order chi connectivity index (χ0) is 21.7. The lowest BCUT2D eigenvalue weighted by molar-refractivity contribution is -0.385. The quantitative estimate of drug-likeness (QED) is 0.155. The maximum Gasteiger partial charge on any atom is 0.345 e. The van der Waals surface area contributed by atoms with E-state index in [1.807, 2.05) is 0 Å². The molecule has 30 heavy (non-hydrogen) atoms. The van der Waals surface area contributed by atoms with Gasteiger partial charge >= 0.3 is 11.7 Å². The summed E-state index contributed by atoms with van der Waals surface area (Å²) in [5.41, 5.74) is 0.655. The number of carbonyl (C=O) groups is 1. The first-order valence-electron chi connectivity index (χ1n) is 8.52. The highest BCUT2D eigenvalue weighted by molar-refractivity contribution is 6.36. The fraction of sp³-hybridized carbons (Fsp3) is 0.0476. The number of methoxy groups -OCH3 is 1. The normalized spacial score (nSPS) is 10.8. The molecule has 0 spiro atoms. The average Bonchev–Trinajstić information content (AvgIpc) is 2.72. The number of rotatable bonds is 6. The minimum atomic E-state index is -0.838. The monoisotopic (exact) mass is 444 g/mol. The Balaban J connectivity index is 1.87. The summed E-state index contributed by atoms with van der Waals surface area (Å²) in [6.07, 6.45) is 1.45. The number of nitro benzene ring substituents is 1. The number of benzene rings is 3. The summed E-state index contributed by atoms with van der Waals surface area (Å²) < 4.78 is 10.4. The molecule has 7 nitrogen and oxygen atoms in total. The van der Waals surface area contributed by atoms with Crippen molar-refractivity contribution in [3.63, 3.8) is 0 Å². The van der Waals surface area contributed by atoms with Crippen LogP contribution in [0.4, 0.5) is 11.4 Å². The predicted molar refractivity (Wildman–Crippen MR) is 115 cm³/mol. The van der Waals surface area contributed by atoms with E-state index in [9.17, 15) is 14.9 Å². The van der Waals surface area contributed by atoms with E-state index in [1.165, 1.54) is 49.7 Å². The predicted octanol–water partition coefficient (Wildman–Crippen LogP) is 5.88. The van der Waals surface area contributed by atoms with Crippen LogP contribution in [0, 0.1) is 10.1 Å². The number of aliphatic imine (C=N–C) groups is 1. The highest BCUT2D eigenvalue weighted by Crippen LogP contribution is 2.31. The number of ether oxygens (including phenoxy) is 2. The molecule has 152 valence electrons. The van der Waals surface area contributed by atoms with Gasteiger partial charge in [0.25, 0.3) is 0 Å². The third kappa shape index (κ3) is 4.94. The summed E-state index contributed by atoms with van der Waals surface area (Å²) in [7, 11) is 1.52. The van der Waals surface area contributed by atoms with Crippen LogP contribution >= 0.6 is 23.2 Å². The smallest absolute Gasteiger partial charge is 0.345 e. The third-order valence-corrected chi connectivity index (χ3v) is 4.52. The van der Waals surface area contributed by atoms with Crippen molar-refractivity contribution in [2.75, 3.05) is 7.11 Å². The number of hydrogen-bond donors (Lipinski definition) is 0. The lowest BCUT2D eigenvalue weighted by Gasteiger charge is -2.07. The van der Waals surface area contributed by atoms with Crippen molar-refractivity contribution >= 4 is 46.8 Å². The van der Waals surface area contributed by atoms with Crippen molar-refractivity contribution in [1.82, 2.24) is 0 Å². The molecule has 3 aromatic rings. The van der Waals surface area contributed by atoms with Crippen LogP contribution in [0.1, 0.15) is 15.9 Å². The van der Waals surface area contributed by atoms with E-state index in [0.717, 1.165) is 0 Å². The minimum absolute atomic E-state index is 0.0391. The Hall–Kier alpha value is -3.42. The van der Waals surface area contributed by atoms with Crippen LogP contribution < -0.4 is 9.47 Å². The van der Waals surface area contributed by atoms with Gasteiger partial charge in [0.1, 0.15) is 11.4 Å². The second-order valence-electron chi connectivity index (χ2n) is 5.93. The zero-order valence-electron chi connectivity index (χ0n) is 15.5. The lowest BCUT2D eigenvalue weighted by atomic mass is 10.2. The van der Waals surface area contributed by atoms with Gasteiger partial charge < -0.3 is 9.47 Å². The third-order valence-electron chi connectivity index (χ3n) is 3.97. The molecule has 9 heteroatoms. The van der Waals surface area contributed by atoms with Gasteiger partial charge in [-0.05, 0) is 48.0 Å². The highest BCUT2D eigenvalue weighted by Gasteiger charge is 2.21. The van der Waals surface area contributed by atoms with Crippen LogP contribution in [0.25, 0.3) is 0 Å². The summed E-state index contributed by atoms with van der Waals surface area (Å²) in [5, 5.41) is 11.9. The molecule has 0 N–H and O–H groups in total. The van der Waals surface area contributed by atoms with Crippen LogP contribution in [-0.4, -0.2) is 24.2 Å². The Bertz CT molecular complexity index is 1150. The van der Waals surface area contributed by atoms with Gasteiger partial charge in [0.2, 0.25) is 5.75 Å². The summed E-state index contributed by atoms with van der Waals surface area (Å²) in [6.45, 7) is 0. The minimum Gasteiger partial charge on any atom is -0.494 e. The van der Waals surface area contributed by atoms with Gasteiger partial charge in [-0.15, -0.1) is 0 Å². The first-order chi connectivity index (χ1) is 14.4. The molecule has 0 radical (unpaired) electrons. The zero-order valence-corrected chi connectivity index (χ0v) is 17.1. The van der Waals surface area contributed by atoms with Crippen molar-refractivity contribution in [2.24, 2.45) is 4.99 Å². The van der Waals surface area contributed by atoms with E-state index in [2.05, 4.69) is 4.99 Å². The molecule has 0 aliphatic rings. The number of hydrogen-bond acceptors (Lipinski definition) is 6. The molecule has 3 aromatic carbocycles. The molecule has 3 rings (SSSR count). The molecule has 0 saturated carbocycles. The van der Waals surface area contributed by atoms with Crippen LogP contribution in [0.3, 0.4) is 0 Å². The van der Waals surface area contributed by atoms with Gasteiger partial charge in [-0.1, -0.05) is 35.3 Å². The van der Waals surface area contributed by atoms with E-state index in [4.69, 9.17) is 32.7 Å². The second-order valence-corrected chi connectivity index (χ2v) is 6.77. The van der Waals surface area contributed by atoms with Crippen LogP contribution in [-0.2, 0) is 0 Å². The van der Waals surface area contributed by atoms with E-state index >= 15 is 0 Å². The molecule has 0 fully saturated rings. The summed E-state index contributed by atoms with van der Waals surface area (Å²) >= 11 is 11.8. The number of halogens is 2. The van der Waals surface area contributed by atoms with Crippen LogP contribution in [0.2, 0.25) is 10.0 Å². The van der Waals surface area contributed by atoms with Crippen LogP contribution in [0.5, 0.6) is 11.5 Å². The Morgan fingerprint density at radius 3 is 2.53 bits per heavy atom. The van der Waals surface area contributed by atoms with E-state index in [-0.39, 0.29) is 16.3 Å². The Labute approximate surface area is 181 Å². The molecule has 0 aromatic heterocycles. The number of nitrogens with zero attached hydrogens (tertiary/aromatic N) is 2. The maximum atomic E-state index is 12.4. The van der Waals surface area contributed by atoms with Crippen molar-refractivity contribution in [1.29, 1.82) is 0 Å². The van der Waals surface area contributed by atoms with Crippen molar-refractivity contribution in [2.45, 2.75) is 0 Å². The molecule has 0 unspecified atom stereocenters. The summed E-state index contributed by atoms with van der Waals surface area (Å²) in [4.78, 5) is 27.5. The fourth-order valence-corrected chi connectivity index (χ4v) is 3.02. The van der Waals surface area contributed by atoms with Crippen molar-refractivity contribution < 1.29 is 19.2 Å². The van der Waals surface area contributed by atoms with Crippen molar-refractivity contribution in [3.05, 3.63) is 92.0 Å². The molecule has 0 aliphatic carbocycles. The molecule has 0 atom stereocenters. The molecule has 0 aliphatic heterocycles. The molecular formula is C21H14Cl2N2O5. The lowest BCUT2D eigenvalue weighted by Crippen LogP contribution is -2.10. The van der Waals surface area contributed by atoms with Crippen LogP contribution in [0.15, 0.2) is 65.7 Å². The Kier molecular flexibility index (Phi) is 6.66. The number of nitro groups is 1. The van der Waals surface area contributed by atoms with Gasteiger partial charge in [0.05, 0.1) is 22.6 Å². The topological polar surface area (TPSA) is 91.0 Å². The first-order valence-corrected chi connectivity index (χ1v) is 9.27. The first kappa shape index (κ1) is 21.3. The SMILES string of the molecule is COc1ccccc1N=Cc1ccc(OC(=O)c2ccc(Cl)cc2Cl)c([N+](=O)[O-])c1. The van der Waals surface area contributed by atoms with Gasteiger partial charge in [-0.2, -0.15) is 0 Å². The molecule has 0 saturated heterocycles. The van der Waals surface area contributed by atoms with Gasteiger partial charge in [-0.3, -0.25) is 15.1 Å². The van der Waals surface area contributed by atoms with Gasteiger partial charge in [0.15, 0.2) is 0 Å². The molecular weight excluding hydrogens is 431 g/mol. The van der Waals surface area contributed by atoms with Gasteiger partial charge in [0, 0.05) is 17.3 Å². The summed E-state index contributed by atoms with van der Waals surface area (Å²) in [6, 6.07) is 15.4. The van der Waals surface area contributed by atoms with E-state index in [0.29, 0.717) is 22.0 Å². The number of carbonyl (C=O) groups excluding carboxylic acids is 1. The largest absolute Gasteiger partial charge is 0.494 e. The highest BCUT2D eigenvalue weighted by atomic mass is 35.5. The average molecular weight is 445 g/mol. The Morgan fingerprint density at radius 1 is 1.07 bits per heavy atom. The maximum absolute atomic E-state index is 12.4. The molecule has 0 bridgehead atoms. The van der Waals surface area contributed by atoms with E-state index in [1.54, 1.807) is 24.3 Å². The number of esters is 1. The molecule has 0 heterocycles. The number of para-hydroxylation sites is 2. The Morgan fingerprint density at radius 2 is 1.83 bits per heavy atom. The summed E-state index contributed by atoms with van der Waals surface area (Å²) in [5.74, 6) is -0.491.